The third-order valence-electron chi connectivity index (χ3n) is 2.63. The maximum atomic E-state index is 4.36. The van der Waals surface area contributed by atoms with Gasteiger partial charge in [-0.2, -0.15) is 5.10 Å². The van der Waals surface area contributed by atoms with Crippen LogP contribution in [0.5, 0.6) is 0 Å². The Bertz CT molecular complexity index is 286. The largest absolute Gasteiger partial charge is 0.316 e. The molecule has 0 radical (unpaired) electrons. The lowest BCUT2D eigenvalue weighted by Gasteiger charge is -2.26. The van der Waals surface area contributed by atoms with E-state index in [-0.39, 0.29) is 0 Å². The van der Waals surface area contributed by atoms with Crippen molar-refractivity contribution in [3.8, 4) is 0 Å². The molecule has 78 valence electrons. The lowest BCUT2D eigenvalue weighted by atomic mass is 9.96. The van der Waals surface area contributed by atoms with Gasteiger partial charge in [0.2, 0.25) is 0 Å². The molecule has 1 saturated heterocycles. The van der Waals surface area contributed by atoms with E-state index in [9.17, 15) is 0 Å². The Morgan fingerprint density at radius 3 is 2.93 bits per heavy atom. The zero-order chi connectivity index (χ0) is 9.97. The molecule has 2 heterocycles. The van der Waals surface area contributed by atoms with Crippen LogP contribution in [0.4, 0.5) is 0 Å². The van der Waals surface area contributed by atoms with Gasteiger partial charge in [0.1, 0.15) is 0 Å². The molecular weight excluding hydrogens is 174 g/mol. The van der Waals surface area contributed by atoms with Gasteiger partial charge in [-0.15, -0.1) is 0 Å². The summed E-state index contributed by atoms with van der Waals surface area (Å²) in [4.78, 5) is 0. The summed E-state index contributed by atoms with van der Waals surface area (Å²) >= 11 is 0. The Kier molecular flexibility index (Phi) is 2.87. The van der Waals surface area contributed by atoms with Crippen LogP contribution >= 0.6 is 0 Å². The number of rotatable bonds is 4. The summed E-state index contributed by atoms with van der Waals surface area (Å²) in [6.45, 7) is 7.82. The van der Waals surface area contributed by atoms with Gasteiger partial charge in [-0.25, -0.2) is 0 Å². The Hall–Kier alpha value is -0.830. The first kappa shape index (κ1) is 9.71. The average molecular weight is 193 g/mol. The van der Waals surface area contributed by atoms with Crippen molar-refractivity contribution >= 4 is 0 Å². The molecular formula is C11H19N3. The molecule has 0 saturated carbocycles. The fraction of sp³-hybridized carbons (Fsp3) is 0.727. The first-order valence-electron chi connectivity index (χ1n) is 5.46. The van der Waals surface area contributed by atoms with Gasteiger partial charge in [-0.05, 0) is 36.9 Å². The van der Waals surface area contributed by atoms with Gasteiger partial charge >= 0.3 is 0 Å². The van der Waals surface area contributed by atoms with E-state index in [0.717, 1.165) is 12.5 Å². The first-order chi connectivity index (χ1) is 6.74. The van der Waals surface area contributed by atoms with E-state index in [1.54, 1.807) is 0 Å². The minimum absolute atomic E-state index is 0.674. The third-order valence-corrected chi connectivity index (χ3v) is 2.63. The summed E-state index contributed by atoms with van der Waals surface area (Å²) in [5.74, 6) is 1.51. The van der Waals surface area contributed by atoms with E-state index in [0.29, 0.717) is 5.92 Å². The minimum atomic E-state index is 0.674. The van der Waals surface area contributed by atoms with E-state index < -0.39 is 0 Å². The third kappa shape index (κ3) is 2.35. The van der Waals surface area contributed by atoms with Crippen LogP contribution in [0.2, 0.25) is 0 Å². The van der Waals surface area contributed by atoms with Crippen molar-refractivity contribution in [2.24, 2.45) is 11.8 Å². The fourth-order valence-electron chi connectivity index (χ4n) is 1.81. The van der Waals surface area contributed by atoms with Gasteiger partial charge in [-0.1, -0.05) is 13.8 Å². The van der Waals surface area contributed by atoms with Crippen LogP contribution in [0.3, 0.4) is 0 Å². The van der Waals surface area contributed by atoms with Gasteiger partial charge in [0, 0.05) is 12.7 Å². The zero-order valence-electron chi connectivity index (χ0n) is 9.03. The Morgan fingerprint density at radius 1 is 1.57 bits per heavy atom. The normalized spacial score (nSPS) is 17.4. The molecule has 0 aromatic carbocycles. The molecule has 1 aliphatic rings. The second-order valence-corrected chi connectivity index (χ2v) is 4.69. The number of nitrogens with zero attached hydrogens (tertiary/aromatic N) is 2. The van der Waals surface area contributed by atoms with Crippen molar-refractivity contribution in [2.45, 2.75) is 26.8 Å². The van der Waals surface area contributed by atoms with Crippen LogP contribution in [0.25, 0.3) is 0 Å². The van der Waals surface area contributed by atoms with Crippen LogP contribution in [-0.4, -0.2) is 22.9 Å². The summed E-state index contributed by atoms with van der Waals surface area (Å²) in [7, 11) is 0. The molecule has 0 spiro atoms. The van der Waals surface area contributed by atoms with Crippen LogP contribution in [0.1, 0.15) is 19.4 Å². The molecule has 3 nitrogen and oxygen atoms in total. The van der Waals surface area contributed by atoms with E-state index >= 15 is 0 Å². The lowest BCUT2D eigenvalue weighted by molar-refractivity contribution is 0.346. The van der Waals surface area contributed by atoms with Crippen molar-refractivity contribution in [1.29, 1.82) is 0 Å². The standard InChI is InChI=1S/C11H19N3/c1-9(2)7-14-8-11(6-13-14)3-10-4-12-5-10/h6,8-10,12H,3-5,7H2,1-2H3. The molecule has 1 fully saturated rings. The molecule has 0 bridgehead atoms. The number of hydrogen-bond donors (Lipinski definition) is 1. The molecule has 3 heteroatoms. The van der Waals surface area contributed by atoms with Crippen molar-refractivity contribution in [1.82, 2.24) is 15.1 Å². The van der Waals surface area contributed by atoms with E-state index in [1.165, 1.54) is 25.1 Å². The van der Waals surface area contributed by atoms with E-state index in [4.69, 9.17) is 0 Å². The molecule has 0 amide bonds. The van der Waals surface area contributed by atoms with Gasteiger partial charge in [0.05, 0.1) is 6.20 Å². The highest BCUT2D eigenvalue weighted by Gasteiger charge is 2.17. The van der Waals surface area contributed by atoms with Crippen LogP contribution in [-0.2, 0) is 13.0 Å². The molecule has 1 aromatic heterocycles. The van der Waals surface area contributed by atoms with Crippen LogP contribution in [0.15, 0.2) is 12.4 Å². The predicted octanol–water partition coefficient (Wildman–Crippen LogP) is 1.30. The minimum Gasteiger partial charge on any atom is -0.316 e. The molecule has 0 aliphatic carbocycles. The lowest BCUT2D eigenvalue weighted by Crippen LogP contribution is -2.42. The van der Waals surface area contributed by atoms with Crippen LogP contribution in [0, 0.1) is 11.8 Å². The summed E-state index contributed by atoms with van der Waals surface area (Å²) in [5, 5.41) is 7.66. The Labute approximate surface area is 85.5 Å². The van der Waals surface area contributed by atoms with Gasteiger partial charge in [0.15, 0.2) is 0 Å². The summed E-state index contributed by atoms with van der Waals surface area (Å²) in [5.41, 5.74) is 1.39. The van der Waals surface area contributed by atoms with Crippen molar-refractivity contribution in [2.75, 3.05) is 13.1 Å². The fourth-order valence-corrected chi connectivity index (χ4v) is 1.81. The summed E-state index contributed by atoms with van der Waals surface area (Å²) in [6, 6.07) is 0. The second-order valence-electron chi connectivity index (χ2n) is 4.69. The molecule has 0 atom stereocenters. The van der Waals surface area contributed by atoms with E-state index in [2.05, 4.69) is 35.1 Å². The Balaban J connectivity index is 1.88. The first-order valence-corrected chi connectivity index (χ1v) is 5.46. The Morgan fingerprint density at radius 2 is 2.36 bits per heavy atom. The van der Waals surface area contributed by atoms with Crippen molar-refractivity contribution < 1.29 is 0 Å². The molecule has 0 unspecified atom stereocenters. The van der Waals surface area contributed by atoms with E-state index in [1.807, 2.05) is 6.20 Å². The zero-order valence-corrected chi connectivity index (χ0v) is 9.03. The average Bonchev–Trinajstić information content (AvgIpc) is 2.44. The van der Waals surface area contributed by atoms with Gasteiger partial charge < -0.3 is 5.32 Å². The van der Waals surface area contributed by atoms with Gasteiger partial charge in [-0.3, -0.25) is 4.68 Å². The van der Waals surface area contributed by atoms with Crippen molar-refractivity contribution in [3.05, 3.63) is 18.0 Å². The molecule has 14 heavy (non-hydrogen) atoms. The van der Waals surface area contributed by atoms with Gasteiger partial charge in [0.25, 0.3) is 0 Å². The second kappa shape index (κ2) is 4.13. The number of aromatic nitrogens is 2. The van der Waals surface area contributed by atoms with Crippen molar-refractivity contribution in [3.63, 3.8) is 0 Å². The topological polar surface area (TPSA) is 29.9 Å². The SMILES string of the molecule is CC(C)Cn1cc(CC2CNC2)cn1. The smallest absolute Gasteiger partial charge is 0.0521 e. The monoisotopic (exact) mass is 193 g/mol. The highest BCUT2D eigenvalue weighted by atomic mass is 15.3. The van der Waals surface area contributed by atoms with Crippen LogP contribution < -0.4 is 5.32 Å². The number of nitrogens with one attached hydrogen (secondary N) is 1. The highest BCUT2D eigenvalue weighted by Crippen LogP contribution is 2.12. The highest BCUT2D eigenvalue weighted by molar-refractivity contribution is 5.06. The number of hydrogen-bond acceptors (Lipinski definition) is 2. The summed E-state index contributed by atoms with van der Waals surface area (Å²) in [6.07, 6.45) is 5.39. The maximum Gasteiger partial charge on any atom is 0.0521 e. The maximum absolute atomic E-state index is 4.36. The molecule has 1 aliphatic heterocycles. The quantitative estimate of drug-likeness (QED) is 0.781. The molecule has 1 N–H and O–H groups in total. The summed E-state index contributed by atoms with van der Waals surface area (Å²) < 4.78 is 2.06. The molecule has 2 rings (SSSR count). The molecule has 1 aromatic rings. The predicted molar refractivity (Wildman–Crippen MR) is 57.1 cm³/mol.